The van der Waals surface area contributed by atoms with Gasteiger partial charge in [0.1, 0.15) is 0 Å². The van der Waals surface area contributed by atoms with Gasteiger partial charge in [0.05, 0.1) is 11.1 Å². The highest BCUT2D eigenvalue weighted by atomic mass is 15.1. The van der Waals surface area contributed by atoms with Crippen LogP contribution in [-0.2, 0) is 10.8 Å². The number of fused-ring (bicyclic) bond motifs is 20. The topological polar surface area (TPSA) is 3.24 Å². The second kappa shape index (κ2) is 14.1. The van der Waals surface area contributed by atoms with Gasteiger partial charge in [-0.25, -0.2) is 0 Å². The Labute approximate surface area is 391 Å². The Morgan fingerprint density at radius 2 is 0.761 bits per heavy atom. The summed E-state index contributed by atoms with van der Waals surface area (Å²) in [5, 5.41) is 5.16. The van der Waals surface area contributed by atoms with Gasteiger partial charge in [-0.05, 0) is 135 Å². The quantitative estimate of drug-likeness (QED) is 0.159. The number of rotatable bonds is 4. The number of hydrogen-bond donors (Lipinski definition) is 0. The van der Waals surface area contributed by atoms with Crippen LogP contribution >= 0.6 is 0 Å². The van der Waals surface area contributed by atoms with Gasteiger partial charge in [0.25, 0.3) is 0 Å². The zero-order valence-electron chi connectivity index (χ0n) is 37.5. The molecule has 1 nitrogen and oxygen atoms in total. The van der Waals surface area contributed by atoms with E-state index in [1.807, 2.05) is 0 Å². The predicted molar refractivity (Wildman–Crippen MR) is 281 cm³/mol. The van der Waals surface area contributed by atoms with Crippen molar-refractivity contribution in [3.8, 4) is 55.6 Å². The SMILES string of the molecule is CC1(C)c2ccccc2-c2ccc(N(c3ccc4c(c3)-c3ccccc3-c3ccccc3C43c4ccccc4-c4c3c3ccccc3c3ccccc43)c3ccccc3-c3ccccc3)cc21. The summed E-state index contributed by atoms with van der Waals surface area (Å²) in [6.45, 7) is 4.76. The Hall–Kier alpha value is -8.26. The molecule has 0 saturated carbocycles. The first kappa shape index (κ1) is 38.1. The molecule has 1 heteroatoms. The second-order valence-electron chi connectivity index (χ2n) is 19.1. The molecule has 0 aromatic heterocycles. The van der Waals surface area contributed by atoms with Crippen molar-refractivity contribution >= 4 is 38.6 Å². The molecule has 1 atom stereocenters. The van der Waals surface area contributed by atoms with Crippen LogP contribution in [0.4, 0.5) is 17.1 Å². The first-order valence-corrected chi connectivity index (χ1v) is 23.6. The molecule has 11 aromatic carbocycles. The predicted octanol–water partition coefficient (Wildman–Crippen LogP) is 17.4. The number of anilines is 3. The van der Waals surface area contributed by atoms with E-state index in [1.54, 1.807) is 0 Å². The van der Waals surface area contributed by atoms with Gasteiger partial charge < -0.3 is 4.90 Å². The molecule has 0 saturated heterocycles. The van der Waals surface area contributed by atoms with E-state index in [9.17, 15) is 0 Å². The summed E-state index contributed by atoms with van der Waals surface area (Å²) in [7, 11) is 0. The van der Waals surface area contributed by atoms with Crippen LogP contribution in [0.1, 0.15) is 47.2 Å². The van der Waals surface area contributed by atoms with E-state index in [1.165, 1.54) is 111 Å². The Morgan fingerprint density at radius 1 is 0.299 bits per heavy atom. The summed E-state index contributed by atoms with van der Waals surface area (Å²) in [4.78, 5) is 2.52. The third kappa shape index (κ3) is 5.14. The standard InChI is InChI=1S/C66H45N/c1-65(2)57-32-16-12-28-51(57)52-38-36-44(41-61(52)65)67(62-35-19-15-22-45(62)42-20-4-3-5-21-42)43-37-39-60-56(40-43)49-26-7-6-23-46(49)50-27-13-17-33-58(50)66(60)59-34-18-14-31-55(59)63-53-29-10-8-24-47(53)48-25-9-11-30-54(48)64(63)66/h3-41H,1-2H3. The molecule has 1 spiro atoms. The van der Waals surface area contributed by atoms with Crippen LogP contribution in [0, 0.1) is 0 Å². The molecule has 0 N–H and O–H groups in total. The monoisotopic (exact) mass is 851 g/mol. The van der Waals surface area contributed by atoms with Crippen LogP contribution in [0.25, 0.3) is 77.2 Å². The third-order valence-electron chi connectivity index (χ3n) is 15.5. The zero-order valence-corrected chi connectivity index (χ0v) is 37.5. The molecule has 0 bridgehead atoms. The highest BCUT2D eigenvalue weighted by molar-refractivity contribution is 6.20. The van der Waals surface area contributed by atoms with Gasteiger partial charge in [0.2, 0.25) is 0 Å². The molecule has 0 heterocycles. The number of para-hydroxylation sites is 1. The maximum absolute atomic E-state index is 2.52. The Balaban J connectivity index is 1.11. The molecule has 0 fully saturated rings. The number of hydrogen-bond acceptors (Lipinski definition) is 1. The Bertz CT molecular complexity index is 3850. The van der Waals surface area contributed by atoms with E-state index in [0.717, 1.165) is 17.1 Å². The lowest BCUT2D eigenvalue weighted by Crippen LogP contribution is -2.29. The molecule has 0 aliphatic heterocycles. The van der Waals surface area contributed by atoms with Crippen molar-refractivity contribution in [2.75, 3.05) is 4.90 Å². The van der Waals surface area contributed by atoms with Crippen LogP contribution < -0.4 is 4.90 Å². The van der Waals surface area contributed by atoms with Crippen molar-refractivity contribution in [3.05, 3.63) is 270 Å². The van der Waals surface area contributed by atoms with Crippen LogP contribution in [0.2, 0.25) is 0 Å². The molecular formula is C66H45N. The summed E-state index contributed by atoms with van der Waals surface area (Å²) in [6, 6.07) is 89.2. The third-order valence-corrected chi connectivity index (χ3v) is 15.5. The Morgan fingerprint density at radius 3 is 1.49 bits per heavy atom. The average molecular weight is 852 g/mol. The van der Waals surface area contributed by atoms with E-state index in [-0.39, 0.29) is 5.41 Å². The lowest BCUT2D eigenvalue weighted by Gasteiger charge is -2.37. The first-order chi connectivity index (χ1) is 33.0. The molecule has 0 radical (unpaired) electrons. The summed E-state index contributed by atoms with van der Waals surface area (Å²) in [5.41, 5.74) is 23.2. The van der Waals surface area contributed by atoms with Crippen LogP contribution in [0.15, 0.2) is 237 Å². The van der Waals surface area contributed by atoms with E-state index >= 15 is 0 Å². The molecule has 3 aliphatic rings. The van der Waals surface area contributed by atoms with Crippen LogP contribution in [-0.4, -0.2) is 0 Å². The molecule has 11 aromatic rings. The molecule has 67 heavy (non-hydrogen) atoms. The molecule has 3 aliphatic carbocycles. The van der Waals surface area contributed by atoms with Gasteiger partial charge in [-0.15, -0.1) is 0 Å². The normalized spacial score (nSPS) is 15.5. The second-order valence-corrected chi connectivity index (χ2v) is 19.1. The van der Waals surface area contributed by atoms with Crippen LogP contribution in [0.5, 0.6) is 0 Å². The fraction of sp³-hybridized carbons (Fsp3) is 0.0606. The highest BCUT2D eigenvalue weighted by Gasteiger charge is 2.51. The number of benzene rings is 11. The minimum Gasteiger partial charge on any atom is -0.310 e. The molecule has 314 valence electrons. The summed E-state index contributed by atoms with van der Waals surface area (Å²) >= 11 is 0. The summed E-state index contributed by atoms with van der Waals surface area (Å²) < 4.78 is 0. The largest absolute Gasteiger partial charge is 0.310 e. The minimum absolute atomic E-state index is 0.159. The van der Waals surface area contributed by atoms with Crippen molar-refractivity contribution in [2.24, 2.45) is 0 Å². The van der Waals surface area contributed by atoms with Crippen molar-refractivity contribution in [3.63, 3.8) is 0 Å². The van der Waals surface area contributed by atoms with Crippen molar-refractivity contribution in [1.82, 2.24) is 0 Å². The minimum atomic E-state index is -0.644. The molecule has 14 rings (SSSR count). The molecule has 0 amide bonds. The smallest absolute Gasteiger partial charge is 0.0731 e. The van der Waals surface area contributed by atoms with Gasteiger partial charge in [0.15, 0.2) is 0 Å². The van der Waals surface area contributed by atoms with Gasteiger partial charge in [0, 0.05) is 22.4 Å². The fourth-order valence-corrected chi connectivity index (χ4v) is 12.7. The van der Waals surface area contributed by atoms with Crippen molar-refractivity contribution in [2.45, 2.75) is 24.7 Å². The number of nitrogens with zero attached hydrogens (tertiary/aromatic N) is 1. The van der Waals surface area contributed by atoms with E-state index < -0.39 is 5.41 Å². The zero-order chi connectivity index (χ0) is 44.4. The van der Waals surface area contributed by atoms with Gasteiger partial charge in [-0.2, -0.15) is 0 Å². The molecular weight excluding hydrogens is 807 g/mol. The fourth-order valence-electron chi connectivity index (χ4n) is 12.7. The Kier molecular flexibility index (Phi) is 8.02. The maximum Gasteiger partial charge on any atom is 0.0731 e. The van der Waals surface area contributed by atoms with Gasteiger partial charge in [-0.3, -0.25) is 0 Å². The van der Waals surface area contributed by atoms with E-state index in [2.05, 4.69) is 255 Å². The van der Waals surface area contributed by atoms with Gasteiger partial charge in [-0.1, -0.05) is 220 Å². The summed E-state index contributed by atoms with van der Waals surface area (Å²) in [6.07, 6.45) is 0. The van der Waals surface area contributed by atoms with Crippen LogP contribution in [0.3, 0.4) is 0 Å². The van der Waals surface area contributed by atoms with Crippen molar-refractivity contribution in [1.29, 1.82) is 0 Å². The van der Waals surface area contributed by atoms with Crippen molar-refractivity contribution < 1.29 is 0 Å². The van der Waals surface area contributed by atoms with E-state index in [0.29, 0.717) is 0 Å². The maximum atomic E-state index is 2.52. The lowest BCUT2D eigenvalue weighted by molar-refractivity contribution is 0.660. The van der Waals surface area contributed by atoms with E-state index in [4.69, 9.17) is 0 Å². The first-order valence-electron chi connectivity index (χ1n) is 23.6. The molecule has 1 unspecified atom stereocenters. The van der Waals surface area contributed by atoms with Gasteiger partial charge >= 0.3 is 0 Å². The average Bonchev–Trinajstić information content (AvgIpc) is 3.79. The summed E-state index contributed by atoms with van der Waals surface area (Å²) in [5.74, 6) is 0. The highest BCUT2D eigenvalue weighted by Crippen LogP contribution is 2.65. The lowest BCUT2D eigenvalue weighted by atomic mass is 9.64.